The summed E-state index contributed by atoms with van der Waals surface area (Å²) in [7, 11) is -3.99. The molecule has 2 N–H and O–H groups in total. The first-order valence-electron chi connectivity index (χ1n) is 9.21. The van der Waals surface area contributed by atoms with Crippen LogP contribution in [0.4, 0.5) is 15.8 Å². The van der Waals surface area contributed by atoms with Gasteiger partial charge in [-0.05, 0) is 48.9 Å². The Hall–Kier alpha value is -3.17. The summed E-state index contributed by atoms with van der Waals surface area (Å²) < 4.78 is 46.4. The number of anilines is 2. The minimum atomic E-state index is -3.99. The van der Waals surface area contributed by atoms with Gasteiger partial charge >= 0.3 is 0 Å². The van der Waals surface area contributed by atoms with E-state index in [-0.39, 0.29) is 21.5 Å². The molecule has 1 heterocycles. The maximum atomic E-state index is 13.9. The first kappa shape index (κ1) is 22.5. The van der Waals surface area contributed by atoms with Crippen molar-refractivity contribution in [2.24, 2.45) is 0 Å². The van der Waals surface area contributed by atoms with Gasteiger partial charge in [-0.15, -0.1) is 0 Å². The summed E-state index contributed by atoms with van der Waals surface area (Å²) in [5.41, 5.74) is 1.51. The summed E-state index contributed by atoms with van der Waals surface area (Å²) in [6, 6.07) is 9.60. The van der Waals surface area contributed by atoms with Crippen molar-refractivity contribution in [1.82, 2.24) is 5.16 Å². The second-order valence-electron chi connectivity index (χ2n) is 6.54. The van der Waals surface area contributed by atoms with Gasteiger partial charge in [0.2, 0.25) is 5.91 Å². The SMILES string of the molecule is CCC(=O)Nc1c(C)noc1C=Cc1ccc(S(=O)(=O)Nc2ccc(Cl)cc2F)cc1. The Bertz CT molecular complexity index is 1240. The molecule has 0 spiro atoms. The van der Waals surface area contributed by atoms with E-state index in [0.717, 1.165) is 6.07 Å². The summed E-state index contributed by atoms with van der Waals surface area (Å²) >= 11 is 5.68. The predicted molar refractivity (Wildman–Crippen MR) is 118 cm³/mol. The number of carbonyl (C=O) groups excluding carboxylic acids is 1. The van der Waals surface area contributed by atoms with E-state index >= 15 is 0 Å². The maximum Gasteiger partial charge on any atom is 0.261 e. The number of carbonyl (C=O) groups is 1. The molecule has 0 unspecified atom stereocenters. The number of sulfonamides is 1. The molecule has 3 rings (SSSR count). The van der Waals surface area contributed by atoms with Crippen LogP contribution in [0, 0.1) is 12.7 Å². The van der Waals surface area contributed by atoms with E-state index in [0.29, 0.717) is 29.1 Å². The Balaban J connectivity index is 1.77. The average Bonchev–Trinajstić information content (AvgIpc) is 3.08. The van der Waals surface area contributed by atoms with E-state index < -0.39 is 15.8 Å². The van der Waals surface area contributed by atoms with Crippen molar-refractivity contribution in [2.45, 2.75) is 25.2 Å². The second kappa shape index (κ2) is 9.32. The van der Waals surface area contributed by atoms with Crippen LogP contribution < -0.4 is 10.0 Å². The molecule has 7 nitrogen and oxygen atoms in total. The van der Waals surface area contributed by atoms with Crippen LogP contribution in [-0.2, 0) is 14.8 Å². The largest absolute Gasteiger partial charge is 0.354 e. The lowest BCUT2D eigenvalue weighted by atomic mass is 10.2. The molecule has 0 bridgehead atoms. The van der Waals surface area contributed by atoms with Gasteiger partial charge in [-0.25, -0.2) is 12.8 Å². The van der Waals surface area contributed by atoms with Gasteiger partial charge in [0.15, 0.2) is 5.76 Å². The zero-order valence-electron chi connectivity index (χ0n) is 16.6. The molecule has 31 heavy (non-hydrogen) atoms. The quantitative estimate of drug-likeness (QED) is 0.508. The molecular formula is C21H19ClFN3O4S. The van der Waals surface area contributed by atoms with Crippen LogP contribution in [0.2, 0.25) is 5.02 Å². The van der Waals surface area contributed by atoms with Gasteiger partial charge in [0.25, 0.3) is 10.0 Å². The number of halogens is 2. The summed E-state index contributed by atoms with van der Waals surface area (Å²) in [6.07, 6.45) is 3.62. The normalized spacial score (nSPS) is 11.6. The molecule has 1 aromatic heterocycles. The molecule has 0 saturated carbocycles. The number of rotatable bonds is 7. The third kappa shape index (κ3) is 5.50. The van der Waals surface area contributed by atoms with Gasteiger partial charge in [-0.1, -0.05) is 41.9 Å². The van der Waals surface area contributed by atoms with Gasteiger partial charge in [-0.3, -0.25) is 9.52 Å². The molecular weight excluding hydrogens is 445 g/mol. The van der Waals surface area contributed by atoms with Crippen molar-refractivity contribution in [2.75, 3.05) is 10.0 Å². The van der Waals surface area contributed by atoms with Crippen molar-refractivity contribution >= 4 is 51.1 Å². The average molecular weight is 464 g/mol. The number of benzene rings is 2. The minimum Gasteiger partial charge on any atom is -0.354 e. The van der Waals surface area contributed by atoms with Gasteiger partial charge in [0.1, 0.15) is 17.2 Å². The lowest BCUT2D eigenvalue weighted by Gasteiger charge is -2.09. The minimum absolute atomic E-state index is 0.0367. The van der Waals surface area contributed by atoms with Crippen molar-refractivity contribution < 1.29 is 22.1 Å². The predicted octanol–water partition coefficient (Wildman–Crippen LogP) is 5.10. The maximum absolute atomic E-state index is 13.9. The number of aryl methyl sites for hydroxylation is 1. The zero-order chi connectivity index (χ0) is 22.6. The van der Waals surface area contributed by atoms with Crippen LogP contribution >= 0.6 is 11.6 Å². The lowest BCUT2D eigenvalue weighted by molar-refractivity contribution is -0.115. The van der Waals surface area contributed by atoms with Crippen LogP contribution in [0.1, 0.15) is 30.4 Å². The summed E-state index contributed by atoms with van der Waals surface area (Å²) in [5, 5.41) is 6.74. The highest BCUT2D eigenvalue weighted by Crippen LogP contribution is 2.24. The van der Waals surface area contributed by atoms with Crippen LogP contribution in [0.5, 0.6) is 0 Å². The third-order valence-corrected chi connectivity index (χ3v) is 5.88. The Morgan fingerprint density at radius 1 is 1.19 bits per heavy atom. The molecule has 2 aromatic carbocycles. The van der Waals surface area contributed by atoms with Gasteiger partial charge < -0.3 is 9.84 Å². The van der Waals surface area contributed by atoms with Gasteiger partial charge in [0.05, 0.1) is 10.6 Å². The fraction of sp³-hybridized carbons (Fsp3) is 0.143. The number of nitrogens with zero attached hydrogens (tertiary/aromatic N) is 1. The molecule has 162 valence electrons. The summed E-state index contributed by atoms with van der Waals surface area (Å²) in [6.45, 7) is 3.45. The van der Waals surface area contributed by atoms with Gasteiger partial charge in [0, 0.05) is 11.4 Å². The summed E-state index contributed by atoms with van der Waals surface area (Å²) in [4.78, 5) is 11.6. The van der Waals surface area contributed by atoms with E-state index in [4.69, 9.17) is 16.1 Å². The number of hydrogen-bond donors (Lipinski definition) is 2. The molecule has 3 aromatic rings. The van der Waals surface area contributed by atoms with E-state index in [9.17, 15) is 17.6 Å². The lowest BCUT2D eigenvalue weighted by Crippen LogP contribution is -2.13. The first-order valence-corrected chi connectivity index (χ1v) is 11.1. The number of nitrogens with one attached hydrogen (secondary N) is 2. The van der Waals surface area contributed by atoms with E-state index in [1.54, 1.807) is 38.1 Å². The molecule has 0 radical (unpaired) electrons. The fourth-order valence-electron chi connectivity index (χ4n) is 2.59. The van der Waals surface area contributed by atoms with Crippen molar-refractivity contribution in [3.05, 3.63) is 70.3 Å². The Morgan fingerprint density at radius 3 is 2.55 bits per heavy atom. The number of aromatic nitrogens is 1. The van der Waals surface area contributed by atoms with Crippen molar-refractivity contribution in [3.63, 3.8) is 0 Å². The summed E-state index contributed by atoms with van der Waals surface area (Å²) in [5.74, 6) is -0.569. The molecule has 0 atom stereocenters. The third-order valence-electron chi connectivity index (χ3n) is 4.27. The van der Waals surface area contributed by atoms with Crippen molar-refractivity contribution in [3.8, 4) is 0 Å². The van der Waals surface area contributed by atoms with Crippen LogP contribution in [0.3, 0.4) is 0 Å². The van der Waals surface area contributed by atoms with Crippen molar-refractivity contribution in [1.29, 1.82) is 0 Å². The second-order valence-corrected chi connectivity index (χ2v) is 8.66. The molecule has 0 aliphatic carbocycles. The van der Waals surface area contributed by atoms with Gasteiger partial charge in [-0.2, -0.15) is 0 Å². The Kier molecular flexibility index (Phi) is 6.77. The number of hydrogen-bond acceptors (Lipinski definition) is 5. The van der Waals surface area contributed by atoms with E-state index in [1.807, 2.05) is 0 Å². The topological polar surface area (TPSA) is 101 Å². The van der Waals surface area contributed by atoms with E-state index in [2.05, 4.69) is 15.2 Å². The highest BCUT2D eigenvalue weighted by atomic mass is 35.5. The molecule has 1 amide bonds. The Labute approximate surface area is 184 Å². The highest BCUT2D eigenvalue weighted by molar-refractivity contribution is 7.92. The molecule has 0 fully saturated rings. The van der Waals surface area contributed by atoms with Crippen LogP contribution in [0.15, 0.2) is 51.9 Å². The highest BCUT2D eigenvalue weighted by Gasteiger charge is 2.17. The van der Waals surface area contributed by atoms with Crippen LogP contribution in [0.25, 0.3) is 12.2 Å². The Morgan fingerprint density at radius 2 is 1.90 bits per heavy atom. The monoisotopic (exact) mass is 463 g/mol. The molecule has 0 aliphatic rings. The fourth-order valence-corrected chi connectivity index (χ4v) is 3.81. The molecule has 10 heteroatoms. The zero-order valence-corrected chi connectivity index (χ0v) is 18.2. The van der Waals surface area contributed by atoms with E-state index in [1.165, 1.54) is 24.3 Å². The molecule has 0 aliphatic heterocycles. The number of amides is 1. The van der Waals surface area contributed by atoms with Crippen LogP contribution in [-0.4, -0.2) is 19.5 Å². The smallest absolute Gasteiger partial charge is 0.261 e. The molecule has 0 saturated heterocycles. The first-order chi connectivity index (χ1) is 14.7. The standard InChI is InChI=1S/C21H19ClFN3O4S/c1-3-20(27)24-21-13(2)25-30-19(21)11-6-14-4-8-16(9-5-14)31(28,29)26-18-10-7-15(22)12-17(18)23/h4-12,26H,3H2,1-2H3,(H,24,27).